The van der Waals surface area contributed by atoms with E-state index in [0.717, 1.165) is 56.2 Å². The SMILES string of the molecule is CN(C(=O)[C@@H](N)CN)[C@@H](Cc1c[nH]c2ccccc12)C(=O)NCc1cc(N2CCC(N)C2)cc(Cl)c1Sc1ncccc1CN. The van der Waals surface area contributed by atoms with Gasteiger partial charge in [-0.1, -0.05) is 47.6 Å². The summed E-state index contributed by atoms with van der Waals surface area (Å²) < 4.78 is 0. The van der Waals surface area contributed by atoms with Crippen LogP contribution in [0.15, 0.2) is 70.8 Å². The summed E-state index contributed by atoms with van der Waals surface area (Å²) >= 11 is 8.34. The first-order valence-electron chi connectivity index (χ1n) is 14.9. The van der Waals surface area contributed by atoms with Crippen LogP contribution in [0.1, 0.15) is 23.1 Å². The molecule has 3 atom stereocenters. The number of nitrogens with zero attached hydrogens (tertiary/aromatic N) is 3. The van der Waals surface area contributed by atoms with Crippen LogP contribution in [0.4, 0.5) is 5.69 Å². The molecular weight excluding hydrogens is 610 g/mol. The van der Waals surface area contributed by atoms with E-state index in [1.807, 2.05) is 54.7 Å². The van der Waals surface area contributed by atoms with Crippen molar-refractivity contribution in [2.75, 3.05) is 31.6 Å². The predicted octanol–water partition coefficient (Wildman–Crippen LogP) is 2.34. The molecule has 4 aromatic rings. The number of anilines is 1. The van der Waals surface area contributed by atoms with Gasteiger partial charge in [0.25, 0.3) is 0 Å². The number of rotatable bonds is 12. The zero-order valence-electron chi connectivity index (χ0n) is 25.2. The first kappa shape index (κ1) is 32.7. The van der Waals surface area contributed by atoms with Crippen molar-refractivity contribution in [2.45, 2.75) is 54.0 Å². The number of hydrogen-bond acceptors (Lipinski definition) is 9. The Balaban J connectivity index is 1.46. The van der Waals surface area contributed by atoms with Crippen LogP contribution in [0.25, 0.3) is 10.9 Å². The molecule has 11 nitrogen and oxygen atoms in total. The molecule has 0 radical (unpaired) electrons. The summed E-state index contributed by atoms with van der Waals surface area (Å²) in [6.45, 7) is 1.98. The van der Waals surface area contributed by atoms with Gasteiger partial charge in [-0.3, -0.25) is 9.59 Å². The monoisotopic (exact) mass is 649 g/mol. The number of nitrogens with two attached hydrogens (primary N) is 4. The third kappa shape index (κ3) is 7.43. The lowest BCUT2D eigenvalue weighted by Crippen LogP contribution is -2.54. The van der Waals surface area contributed by atoms with Gasteiger partial charge in [-0.05, 0) is 47.4 Å². The molecule has 3 heterocycles. The second-order valence-corrected chi connectivity index (χ2v) is 12.7. The summed E-state index contributed by atoms with van der Waals surface area (Å²) in [5, 5.41) is 5.34. The molecule has 1 aliphatic rings. The Morgan fingerprint density at radius 1 is 1.18 bits per heavy atom. The van der Waals surface area contributed by atoms with E-state index in [0.29, 0.717) is 18.1 Å². The molecule has 0 aliphatic carbocycles. The van der Waals surface area contributed by atoms with Crippen LogP contribution in [-0.2, 0) is 29.1 Å². The number of amides is 2. The number of carbonyl (C=O) groups is 2. The molecule has 45 heavy (non-hydrogen) atoms. The lowest BCUT2D eigenvalue weighted by Gasteiger charge is -2.29. The number of aromatic amines is 1. The summed E-state index contributed by atoms with van der Waals surface area (Å²) in [4.78, 5) is 39.3. The molecule has 0 saturated carbocycles. The molecule has 1 unspecified atom stereocenters. The van der Waals surface area contributed by atoms with Crippen molar-refractivity contribution in [3.8, 4) is 0 Å². The molecule has 2 aromatic heterocycles. The fraction of sp³-hybridized carbons (Fsp3) is 0.344. The Labute approximate surface area is 272 Å². The number of halogens is 1. The predicted molar refractivity (Wildman–Crippen MR) is 180 cm³/mol. The van der Waals surface area contributed by atoms with Crippen molar-refractivity contribution in [1.82, 2.24) is 20.2 Å². The molecule has 0 spiro atoms. The van der Waals surface area contributed by atoms with Crippen LogP contribution in [0.2, 0.25) is 5.02 Å². The molecule has 1 fully saturated rings. The van der Waals surface area contributed by atoms with Crippen molar-refractivity contribution in [3.05, 3.63) is 82.6 Å². The van der Waals surface area contributed by atoms with Gasteiger partial charge in [-0.2, -0.15) is 0 Å². The van der Waals surface area contributed by atoms with Gasteiger partial charge in [0, 0.05) is 86.1 Å². The van der Waals surface area contributed by atoms with Gasteiger partial charge in [0.1, 0.15) is 11.1 Å². The van der Waals surface area contributed by atoms with E-state index in [2.05, 4.69) is 20.2 Å². The number of hydrogen-bond donors (Lipinski definition) is 6. The Hall–Kier alpha value is -3.65. The maximum Gasteiger partial charge on any atom is 0.243 e. The van der Waals surface area contributed by atoms with Crippen molar-refractivity contribution >= 4 is 51.8 Å². The second-order valence-electron chi connectivity index (χ2n) is 11.3. The maximum atomic E-state index is 14.0. The lowest BCUT2D eigenvalue weighted by molar-refractivity contribution is -0.139. The van der Waals surface area contributed by atoms with Crippen molar-refractivity contribution < 1.29 is 9.59 Å². The smallest absolute Gasteiger partial charge is 0.243 e. The van der Waals surface area contributed by atoms with Crippen LogP contribution in [0.5, 0.6) is 0 Å². The normalized spacial score (nSPS) is 16.1. The van der Waals surface area contributed by atoms with Crippen LogP contribution < -0.4 is 33.2 Å². The van der Waals surface area contributed by atoms with Gasteiger partial charge in [0.05, 0.1) is 11.1 Å². The highest BCUT2D eigenvalue weighted by Gasteiger charge is 2.31. The Kier molecular flexibility index (Phi) is 10.6. The minimum absolute atomic E-state index is 0.0328. The van der Waals surface area contributed by atoms with Crippen LogP contribution in [0.3, 0.4) is 0 Å². The van der Waals surface area contributed by atoms with E-state index >= 15 is 0 Å². The van der Waals surface area contributed by atoms with Gasteiger partial charge in [0.15, 0.2) is 0 Å². The second kappa shape index (κ2) is 14.6. The number of aromatic nitrogens is 2. The quantitative estimate of drug-likeness (QED) is 0.134. The number of pyridine rings is 1. The Bertz CT molecular complexity index is 1660. The fourth-order valence-corrected chi connectivity index (χ4v) is 6.94. The highest BCUT2D eigenvalue weighted by atomic mass is 35.5. The van der Waals surface area contributed by atoms with E-state index in [9.17, 15) is 9.59 Å². The van der Waals surface area contributed by atoms with Crippen LogP contribution in [-0.4, -0.2) is 71.5 Å². The van der Waals surface area contributed by atoms with Crippen LogP contribution >= 0.6 is 23.4 Å². The first-order chi connectivity index (χ1) is 21.7. The van der Waals surface area contributed by atoms with Crippen LogP contribution in [0, 0.1) is 0 Å². The number of nitrogens with one attached hydrogen (secondary N) is 2. The Morgan fingerprint density at radius 3 is 2.71 bits per heavy atom. The van der Waals surface area contributed by atoms with Gasteiger partial charge in [-0.15, -0.1) is 0 Å². The summed E-state index contributed by atoms with van der Waals surface area (Å²) in [5.74, 6) is -0.741. The average Bonchev–Trinajstić information content (AvgIpc) is 3.68. The third-order valence-corrected chi connectivity index (χ3v) is 9.85. The van der Waals surface area contributed by atoms with E-state index in [4.69, 9.17) is 34.5 Å². The zero-order valence-corrected chi connectivity index (χ0v) is 26.8. The van der Waals surface area contributed by atoms with Gasteiger partial charge in [0.2, 0.25) is 11.8 Å². The van der Waals surface area contributed by atoms with Gasteiger partial charge in [-0.25, -0.2) is 4.98 Å². The molecule has 0 bridgehead atoms. The number of carbonyl (C=O) groups excluding carboxylic acids is 2. The molecule has 10 N–H and O–H groups in total. The molecular formula is C32H40ClN9O2S. The summed E-state index contributed by atoms with van der Waals surface area (Å²) in [6.07, 6.45) is 4.74. The molecule has 5 rings (SSSR count). The molecule has 2 aromatic carbocycles. The molecule has 238 valence electrons. The van der Waals surface area contributed by atoms with Crippen molar-refractivity contribution in [2.24, 2.45) is 22.9 Å². The first-order valence-corrected chi connectivity index (χ1v) is 16.1. The maximum absolute atomic E-state index is 14.0. The highest BCUT2D eigenvalue weighted by Crippen LogP contribution is 2.40. The highest BCUT2D eigenvalue weighted by molar-refractivity contribution is 7.99. The number of fused-ring (bicyclic) bond motifs is 1. The molecule has 2 amide bonds. The third-order valence-electron chi connectivity index (χ3n) is 8.19. The van der Waals surface area contributed by atoms with E-state index < -0.39 is 18.0 Å². The number of benzene rings is 2. The standard InChI is InChI=1S/C32H40ClN9O2S/c1-41(32(44)26(37)15-35)28(12-20-16-39-27-7-3-2-6-24(20)27)30(43)40-17-21-11-23(42-10-8-22(36)18-42)13-25(33)29(21)45-31-19(14-34)5-4-9-38-31/h2-7,9,11,13,16,22,26,28,39H,8,10,12,14-15,17-18,34-37H2,1H3,(H,40,43)/t22?,26-,28-/m0/s1. The van der Waals surface area contributed by atoms with Gasteiger partial charge < -0.3 is 43.0 Å². The molecule has 1 saturated heterocycles. The van der Waals surface area contributed by atoms with Crippen molar-refractivity contribution in [3.63, 3.8) is 0 Å². The summed E-state index contributed by atoms with van der Waals surface area (Å²) in [5.41, 5.74) is 28.4. The lowest BCUT2D eigenvalue weighted by atomic mass is 10.0. The van der Waals surface area contributed by atoms with E-state index in [1.165, 1.54) is 16.7 Å². The topological polar surface area (TPSA) is 185 Å². The zero-order chi connectivity index (χ0) is 32.1. The minimum Gasteiger partial charge on any atom is -0.370 e. The molecule has 13 heteroatoms. The van der Waals surface area contributed by atoms with E-state index in [1.54, 1.807) is 13.2 Å². The average molecular weight is 650 g/mol. The summed E-state index contributed by atoms with van der Waals surface area (Å²) in [6, 6.07) is 13.9. The molecule has 1 aliphatic heterocycles. The Morgan fingerprint density at radius 2 is 1.98 bits per heavy atom. The fourth-order valence-electron chi connectivity index (χ4n) is 5.58. The number of para-hydroxylation sites is 1. The number of likely N-dealkylation sites (N-methyl/N-ethyl adjacent to an activating group) is 1. The van der Waals surface area contributed by atoms with E-state index in [-0.39, 0.29) is 31.5 Å². The number of H-pyrrole nitrogens is 1. The summed E-state index contributed by atoms with van der Waals surface area (Å²) in [7, 11) is 1.59. The minimum atomic E-state index is -0.922. The van der Waals surface area contributed by atoms with Gasteiger partial charge >= 0.3 is 0 Å². The largest absolute Gasteiger partial charge is 0.370 e. The van der Waals surface area contributed by atoms with Crippen molar-refractivity contribution in [1.29, 1.82) is 0 Å².